The van der Waals surface area contributed by atoms with E-state index in [1.807, 2.05) is 18.2 Å². The highest BCUT2D eigenvalue weighted by molar-refractivity contribution is 9.10. The molecular formula is C11H13BrO3. The van der Waals surface area contributed by atoms with Gasteiger partial charge < -0.3 is 10.2 Å². The fraction of sp³-hybridized carbons (Fsp3) is 0.364. The lowest BCUT2D eigenvalue weighted by Crippen LogP contribution is -2.12. The highest BCUT2D eigenvalue weighted by atomic mass is 79.9. The van der Waals surface area contributed by atoms with Crippen molar-refractivity contribution in [3.8, 4) is 0 Å². The summed E-state index contributed by atoms with van der Waals surface area (Å²) in [6, 6.07) is 7.28. The molecule has 1 rings (SSSR count). The van der Waals surface area contributed by atoms with Gasteiger partial charge in [0.15, 0.2) is 0 Å². The van der Waals surface area contributed by atoms with Gasteiger partial charge in [-0.3, -0.25) is 4.79 Å². The van der Waals surface area contributed by atoms with Crippen LogP contribution in [0.25, 0.3) is 0 Å². The molecule has 1 atom stereocenters. The molecule has 0 fully saturated rings. The Labute approximate surface area is 96.9 Å². The number of aliphatic hydroxyl groups excluding tert-OH is 1. The summed E-state index contributed by atoms with van der Waals surface area (Å²) in [5.74, 6) is -1.40. The Hall–Kier alpha value is -0.870. The first kappa shape index (κ1) is 12.2. The average molecular weight is 273 g/mol. The molecule has 15 heavy (non-hydrogen) atoms. The summed E-state index contributed by atoms with van der Waals surface area (Å²) in [5.41, 5.74) is 0.762. The van der Waals surface area contributed by atoms with E-state index in [2.05, 4.69) is 15.9 Å². The van der Waals surface area contributed by atoms with Crippen LogP contribution in [0.3, 0.4) is 0 Å². The average Bonchev–Trinajstić information content (AvgIpc) is 2.20. The predicted octanol–water partition coefficient (Wildman–Crippen LogP) is 2.39. The third-order valence-electron chi connectivity index (χ3n) is 2.23. The van der Waals surface area contributed by atoms with Gasteiger partial charge in [0, 0.05) is 11.1 Å². The summed E-state index contributed by atoms with van der Waals surface area (Å²) in [6.45, 7) is 0.0221. The van der Waals surface area contributed by atoms with Crippen LogP contribution in [0.1, 0.15) is 24.3 Å². The van der Waals surface area contributed by atoms with Crippen molar-refractivity contribution in [2.45, 2.75) is 18.8 Å². The fourth-order valence-electron chi connectivity index (χ4n) is 1.47. The smallest absolute Gasteiger partial charge is 0.311 e. The number of halogens is 1. The molecule has 82 valence electrons. The largest absolute Gasteiger partial charge is 0.481 e. The number of carbonyl (C=O) groups is 1. The van der Waals surface area contributed by atoms with E-state index in [0.29, 0.717) is 12.8 Å². The van der Waals surface area contributed by atoms with Crippen LogP contribution in [0.15, 0.2) is 28.7 Å². The molecule has 0 heterocycles. The van der Waals surface area contributed by atoms with Gasteiger partial charge in [-0.25, -0.2) is 0 Å². The first-order valence-corrected chi connectivity index (χ1v) is 5.54. The van der Waals surface area contributed by atoms with E-state index in [-0.39, 0.29) is 6.61 Å². The molecule has 1 aromatic rings. The lowest BCUT2D eigenvalue weighted by molar-refractivity contribution is -0.139. The fourth-order valence-corrected chi connectivity index (χ4v) is 2.03. The van der Waals surface area contributed by atoms with Gasteiger partial charge >= 0.3 is 5.97 Å². The number of hydrogen-bond donors (Lipinski definition) is 2. The van der Waals surface area contributed by atoms with Gasteiger partial charge in [0.05, 0.1) is 5.92 Å². The predicted molar refractivity (Wildman–Crippen MR) is 60.8 cm³/mol. The van der Waals surface area contributed by atoms with Crippen molar-refractivity contribution in [2.24, 2.45) is 0 Å². The Morgan fingerprint density at radius 1 is 1.40 bits per heavy atom. The summed E-state index contributed by atoms with van der Waals surface area (Å²) in [4.78, 5) is 11.1. The second-order valence-electron chi connectivity index (χ2n) is 3.28. The van der Waals surface area contributed by atoms with Crippen LogP contribution < -0.4 is 0 Å². The zero-order chi connectivity index (χ0) is 11.3. The normalized spacial score (nSPS) is 12.4. The van der Waals surface area contributed by atoms with E-state index in [9.17, 15) is 4.79 Å². The number of benzene rings is 1. The van der Waals surface area contributed by atoms with Gasteiger partial charge in [-0.1, -0.05) is 34.1 Å². The molecule has 1 unspecified atom stereocenters. The van der Waals surface area contributed by atoms with E-state index >= 15 is 0 Å². The summed E-state index contributed by atoms with van der Waals surface area (Å²) in [6.07, 6.45) is 0.951. The van der Waals surface area contributed by atoms with E-state index in [1.54, 1.807) is 6.07 Å². The molecule has 0 amide bonds. The Morgan fingerprint density at radius 3 is 2.60 bits per heavy atom. The topological polar surface area (TPSA) is 57.5 Å². The number of carboxylic acids is 1. The molecule has 0 aromatic heterocycles. The summed E-state index contributed by atoms with van der Waals surface area (Å²) >= 11 is 3.33. The minimum atomic E-state index is -0.852. The van der Waals surface area contributed by atoms with E-state index in [4.69, 9.17) is 10.2 Å². The Bertz CT molecular complexity index is 338. The molecule has 0 aliphatic carbocycles. The molecule has 0 aliphatic rings. The van der Waals surface area contributed by atoms with Crippen molar-refractivity contribution < 1.29 is 15.0 Å². The first-order chi connectivity index (χ1) is 7.16. The standard InChI is InChI=1S/C11H13BrO3/c12-10-6-2-1-4-8(10)9(11(14)15)5-3-7-13/h1-2,4,6,9,13H,3,5,7H2,(H,14,15). The quantitative estimate of drug-likeness (QED) is 0.866. The molecule has 0 saturated heterocycles. The van der Waals surface area contributed by atoms with Crippen molar-refractivity contribution in [2.75, 3.05) is 6.61 Å². The van der Waals surface area contributed by atoms with E-state index in [0.717, 1.165) is 10.0 Å². The van der Waals surface area contributed by atoms with Crippen LogP contribution in [-0.2, 0) is 4.79 Å². The molecule has 1 aromatic carbocycles. The lowest BCUT2D eigenvalue weighted by atomic mass is 9.94. The molecule has 0 aliphatic heterocycles. The zero-order valence-electron chi connectivity index (χ0n) is 8.19. The number of rotatable bonds is 5. The minimum absolute atomic E-state index is 0.0221. The molecular weight excluding hydrogens is 260 g/mol. The van der Waals surface area contributed by atoms with Crippen molar-refractivity contribution in [3.63, 3.8) is 0 Å². The van der Waals surface area contributed by atoms with Crippen molar-refractivity contribution in [3.05, 3.63) is 34.3 Å². The molecule has 4 heteroatoms. The van der Waals surface area contributed by atoms with Crippen LogP contribution >= 0.6 is 15.9 Å². The molecule has 0 radical (unpaired) electrons. The Balaban J connectivity index is 2.89. The molecule has 0 saturated carbocycles. The molecule has 0 bridgehead atoms. The third kappa shape index (κ3) is 3.32. The third-order valence-corrected chi connectivity index (χ3v) is 2.95. The molecule has 2 N–H and O–H groups in total. The Kier molecular flexibility index (Phi) is 4.78. The number of aliphatic carboxylic acids is 1. The maximum Gasteiger partial charge on any atom is 0.311 e. The van der Waals surface area contributed by atoms with E-state index in [1.165, 1.54) is 0 Å². The van der Waals surface area contributed by atoms with Gasteiger partial charge in [0.25, 0.3) is 0 Å². The number of hydrogen-bond acceptors (Lipinski definition) is 2. The van der Waals surface area contributed by atoms with Gasteiger partial charge in [-0.05, 0) is 24.5 Å². The van der Waals surface area contributed by atoms with E-state index < -0.39 is 11.9 Å². The van der Waals surface area contributed by atoms with Gasteiger partial charge in [0.1, 0.15) is 0 Å². The van der Waals surface area contributed by atoms with Crippen LogP contribution in [0.2, 0.25) is 0 Å². The number of carboxylic acid groups (broad SMARTS) is 1. The van der Waals surface area contributed by atoms with Crippen LogP contribution in [-0.4, -0.2) is 22.8 Å². The number of aliphatic hydroxyl groups is 1. The maximum atomic E-state index is 11.1. The summed E-state index contributed by atoms with van der Waals surface area (Å²) < 4.78 is 0.801. The van der Waals surface area contributed by atoms with Crippen molar-refractivity contribution >= 4 is 21.9 Å². The molecule has 3 nitrogen and oxygen atoms in total. The monoisotopic (exact) mass is 272 g/mol. The van der Waals surface area contributed by atoms with Crippen molar-refractivity contribution in [1.82, 2.24) is 0 Å². The maximum absolute atomic E-state index is 11.1. The van der Waals surface area contributed by atoms with Gasteiger partial charge in [0.2, 0.25) is 0 Å². The minimum Gasteiger partial charge on any atom is -0.481 e. The highest BCUT2D eigenvalue weighted by Gasteiger charge is 2.20. The van der Waals surface area contributed by atoms with Crippen molar-refractivity contribution in [1.29, 1.82) is 0 Å². The summed E-state index contributed by atoms with van der Waals surface area (Å²) in [5, 5.41) is 17.8. The highest BCUT2D eigenvalue weighted by Crippen LogP contribution is 2.28. The molecule has 0 spiro atoms. The van der Waals surface area contributed by atoms with Gasteiger partial charge in [-0.2, -0.15) is 0 Å². The van der Waals surface area contributed by atoms with Crippen LogP contribution in [0.4, 0.5) is 0 Å². The van der Waals surface area contributed by atoms with Crippen LogP contribution in [0.5, 0.6) is 0 Å². The SMILES string of the molecule is O=C(O)C(CCCO)c1ccccc1Br. The lowest BCUT2D eigenvalue weighted by Gasteiger charge is -2.13. The van der Waals surface area contributed by atoms with Gasteiger partial charge in [-0.15, -0.1) is 0 Å². The second-order valence-corrected chi connectivity index (χ2v) is 4.13. The second kappa shape index (κ2) is 5.88. The van der Waals surface area contributed by atoms with Crippen LogP contribution in [0, 0.1) is 0 Å². The summed E-state index contributed by atoms with van der Waals surface area (Å²) in [7, 11) is 0. The zero-order valence-corrected chi connectivity index (χ0v) is 9.77. The Morgan fingerprint density at radius 2 is 2.07 bits per heavy atom. The first-order valence-electron chi connectivity index (χ1n) is 4.75.